The number of benzene rings is 4. The highest BCUT2D eigenvalue weighted by atomic mass is 16.5. The summed E-state index contributed by atoms with van der Waals surface area (Å²) in [4.78, 5) is 60.2. The molecule has 1 atom stereocenters. The smallest absolute Gasteiger partial charge is 0.163 e. The Morgan fingerprint density at radius 1 is 0.586 bits per heavy atom. The van der Waals surface area contributed by atoms with Gasteiger partial charge in [-0.2, -0.15) is 0 Å². The lowest BCUT2D eigenvalue weighted by molar-refractivity contribution is -0.123. The van der Waals surface area contributed by atoms with Gasteiger partial charge in [-0.25, -0.2) is 0 Å². The summed E-state index contributed by atoms with van der Waals surface area (Å²) in [6.07, 6.45) is 25.4. The lowest BCUT2D eigenvalue weighted by atomic mass is 9.92. The second-order valence-electron chi connectivity index (χ2n) is 17.6. The molecule has 0 fully saturated rings. The summed E-state index contributed by atoms with van der Waals surface area (Å²) < 4.78 is 17.5. The van der Waals surface area contributed by atoms with Crippen LogP contribution in [0.15, 0.2) is 152 Å². The van der Waals surface area contributed by atoms with Gasteiger partial charge in [0, 0.05) is 17.8 Å². The first-order chi connectivity index (χ1) is 34.2. The van der Waals surface area contributed by atoms with Gasteiger partial charge in [-0.05, 0) is 162 Å². The van der Waals surface area contributed by atoms with Crippen LogP contribution in [0.4, 0.5) is 0 Å². The first-order valence-corrected chi connectivity index (χ1v) is 23.9. The Bertz CT molecular complexity index is 3000. The largest absolute Gasteiger partial charge is 0.493 e. The van der Waals surface area contributed by atoms with E-state index in [1.165, 1.54) is 46.6 Å². The normalized spacial score (nSPS) is 14.6. The van der Waals surface area contributed by atoms with E-state index in [-0.39, 0.29) is 55.1 Å². The van der Waals surface area contributed by atoms with Crippen LogP contribution in [0, 0.1) is 0 Å². The van der Waals surface area contributed by atoms with E-state index < -0.39 is 0 Å². The number of hydrogen-bond acceptors (Lipinski definition) is 9. The third-order valence-electron chi connectivity index (χ3n) is 12.3. The molecule has 0 saturated carbocycles. The molecule has 2 aliphatic rings. The van der Waals surface area contributed by atoms with Crippen molar-refractivity contribution < 1.29 is 33.4 Å². The first kappa shape index (κ1) is 48.4. The molecule has 0 amide bonds. The molecule has 6 aromatic rings. The third kappa shape index (κ3) is 14.2. The summed E-state index contributed by atoms with van der Waals surface area (Å²) >= 11 is 0. The fourth-order valence-electron chi connectivity index (χ4n) is 8.62. The van der Waals surface area contributed by atoms with Gasteiger partial charge < -0.3 is 14.2 Å². The number of nitrogens with zero attached hydrogens (tertiary/aromatic N) is 2. The van der Waals surface area contributed by atoms with Crippen molar-refractivity contribution in [3.05, 3.63) is 213 Å². The molecule has 0 radical (unpaired) electrons. The summed E-state index contributed by atoms with van der Waals surface area (Å²) in [7, 11) is 1.57. The minimum absolute atomic E-state index is 0.197. The molecule has 2 aliphatic carbocycles. The van der Waals surface area contributed by atoms with Crippen LogP contribution in [0.1, 0.15) is 106 Å². The lowest BCUT2D eigenvalue weighted by Crippen LogP contribution is -2.07. The maximum Gasteiger partial charge on any atom is 0.163 e. The number of aromatic nitrogens is 2. The number of methoxy groups -OCH3 is 1. The fraction of sp³-hybridized carbons (Fsp3) is 0.213. The molecular formula is C61H56N2O7. The number of carbonyl (C=O) groups excluding carboxylic acids is 4. The molecule has 0 aliphatic heterocycles. The molecule has 352 valence electrons. The average Bonchev–Trinajstić information content (AvgIpc) is 3.76. The van der Waals surface area contributed by atoms with E-state index in [4.69, 9.17) is 19.2 Å². The van der Waals surface area contributed by atoms with Crippen molar-refractivity contribution in [1.29, 1.82) is 0 Å². The summed E-state index contributed by atoms with van der Waals surface area (Å²) in [5.41, 5.74) is 11.1. The number of hydrogen-bond donors (Lipinski definition) is 0. The van der Waals surface area contributed by atoms with E-state index in [0.717, 1.165) is 84.3 Å². The van der Waals surface area contributed by atoms with E-state index >= 15 is 0 Å². The molecular weight excluding hydrogens is 873 g/mol. The van der Waals surface area contributed by atoms with E-state index in [1.54, 1.807) is 49.7 Å². The van der Waals surface area contributed by atoms with Crippen molar-refractivity contribution in [1.82, 2.24) is 9.97 Å². The van der Waals surface area contributed by atoms with Gasteiger partial charge in [-0.15, -0.1) is 0 Å². The predicted octanol–water partition coefficient (Wildman–Crippen LogP) is 12.2. The standard InChI is InChI=1S/C61H56N2O7/c1-68-60-32-25-46(37-61(60)70-41-52-15-5-6-33-62-52)24-31-57(67)40-56(66)30-23-45-20-27-50-38-51(14-8-13-49(50)35-45)59-18-9-16-53(63-59)42-69-58-17-7-10-43(36-58)21-28-54(64)39-55(65)29-22-44-19-26-47-11-3-2-4-12-48(47)34-44/h3,5-7,9-11,15-37,51H,2,4,8,12-14,38-42H2,1H3/b28-21+,29-22+,30-23+,31-24+. The second kappa shape index (κ2) is 24.3. The highest BCUT2D eigenvalue weighted by molar-refractivity contribution is 6.11. The van der Waals surface area contributed by atoms with Gasteiger partial charge in [0.25, 0.3) is 0 Å². The van der Waals surface area contributed by atoms with Gasteiger partial charge in [0.1, 0.15) is 19.0 Å². The third-order valence-corrected chi connectivity index (χ3v) is 12.3. The van der Waals surface area contributed by atoms with Crippen LogP contribution in [0.2, 0.25) is 0 Å². The Hall–Kier alpha value is -8.04. The second-order valence-corrected chi connectivity index (χ2v) is 17.6. The van der Waals surface area contributed by atoms with Gasteiger partial charge in [0.2, 0.25) is 0 Å². The molecule has 0 bridgehead atoms. The number of ether oxygens (including phenoxy) is 3. The summed E-state index contributed by atoms with van der Waals surface area (Å²) in [5.74, 6) is 0.917. The molecule has 0 spiro atoms. The van der Waals surface area contributed by atoms with E-state index in [9.17, 15) is 19.2 Å². The Morgan fingerprint density at radius 3 is 1.96 bits per heavy atom. The van der Waals surface area contributed by atoms with Crippen molar-refractivity contribution >= 4 is 53.5 Å². The van der Waals surface area contributed by atoms with Crippen molar-refractivity contribution in [3.8, 4) is 17.2 Å². The number of carbonyl (C=O) groups is 4. The van der Waals surface area contributed by atoms with Gasteiger partial charge in [0.05, 0.1) is 31.3 Å². The molecule has 9 heteroatoms. The maximum atomic E-state index is 12.8. The molecule has 4 aromatic carbocycles. The van der Waals surface area contributed by atoms with Gasteiger partial charge in [-0.3, -0.25) is 29.1 Å². The Balaban J connectivity index is 0.795. The van der Waals surface area contributed by atoms with E-state index in [0.29, 0.717) is 17.2 Å². The van der Waals surface area contributed by atoms with Crippen LogP contribution in [0.5, 0.6) is 17.2 Å². The maximum absolute atomic E-state index is 12.8. The molecule has 9 nitrogen and oxygen atoms in total. The zero-order valence-electron chi connectivity index (χ0n) is 39.4. The Kier molecular flexibility index (Phi) is 16.8. The molecule has 2 aromatic heterocycles. The number of ketones is 4. The lowest BCUT2D eigenvalue weighted by Gasteiger charge is -2.16. The average molecular weight is 929 g/mol. The molecule has 2 heterocycles. The van der Waals surface area contributed by atoms with Crippen molar-refractivity contribution in [3.63, 3.8) is 0 Å². The minimum Gasteiger partial charge on any atom is -0.493 e. The Morgan fingerprint density at radius 2 is 1.23 bits per heavy atom. The van der Waals surface area contributed by atoms with Gasteiger partial charge in [-0.1, -0.05) is 103 Å². The summed E-state index contributed by atoms with van der Waals surface area (Å²) in [5, 5.41) is 0. The topological polar surface area (TPSA) is 122 Å². The number of allylic oxidation sites excluding steroid dienone is 5. The monoisotopic (exact) mass is 928 g/mol. The minimum atomic E-state index is -0.296. The van der Waals surface area contributed by atoms with Crippen molar-refractivity contribution in [2.24, 2.45) is 0 Å². The zero-order valence-corrected chi connectivity index (χ0v) is 39.4. The van der Waals surface area contributed by atoms with Gasteiger partial charge in [0.15, 0.2) is 34.6 Å². The number of aryl methyl sites for hydroxylation is 2. The predicted molar refractivity (Wildman–Crippen MR) is 276 cm³/mol. The van der Waals surface area contributed by atoms with Crippen LogP contribution in [-0.2, 0) is 51.7 Å². The van der Waals surface area contributed by atoms with E-state index in [2.05, 4.69) is 47.5 Å². The number of rotatable bonds is 20. The first-order valence-electron chi connectivity index (χ1n) is 23.9. The molecule has 70 heavy (non-hydrogen) atoms. The highest BCUT2D eigenvalue weighted by Gasteiger charge is 2.20. The van der Waals surface area contributed by atoms with Crippen LogP contribution < -0.4 is 14.2 Å². The molecule has 8 rings (SSSR count). The van der Waals surface area contributed by atoms with Crippen molar-refractivity contribution in [2.45, 2.75) is 76.9 Å². The van der Waals surface area contributed by atoms with Gasteiger partial charge >= 0.3 is 0 Å². The molecule has 0 saturated heterocycles. The molecule has 1 unspecified atom stereocenters. The summed E-state index contributed by atoms with van der Waals surface area (Å²) in [6.45, 7) is 0.555. The van der Waals surface area contributed by atoms with Crippen LogP contribution in [0.3, 0.4) is 0 Å². The number of pyridine rings is 2. The summed E-state index contributed by atoms with van der Waals surface area (Å²) in [6, 6.07) is 37.1. The van der Waals surface area contributed by atoms with E-state index in [1.807, 2.05) is 72.8 Å². The van der Waals surface area contributed by atoms with Crippen molar-refractivity contribution in [2.75, 3.05) is 7.11 Å². The molecule has 0 N–H and O–H groups in total. The highest BCUT2D eigenvalue weighted by Crippen LogP contribution is 2.33. The quantitative estimate of drug-likeness (QED) is 0.0418. The number of fused-ring (bicyclic) bond motifs is 2. The SMILES string of the molecule is COc1ccc(/C=C/C(=O)CC(=O)/C=C/c2ccc3c(c2)CCCC(c2cccc(COc4cccc(/C=C/C(=O)CC(=O)/C=C/c5ccc6c(c5)CCCC=C6)c4)n2)C3)cc1OCc1ccccn1. The Labute approximate surface area is 410 Å². The van der Waals surface area contributed by atoms with Crippen LogP contribution >= 0.6 is 0 Å². The van der Waals surface area contributed by atoms with Crippen LogP contribution in [0.25, 0.3) is 30.4 Å². The van der Waals surface area contributed by atoms with Crippen LogP contribution in [-0.4, -0.2) is 40.2 Å². The fourth-order valence-corrected chi connectivity index (χ4v) is 8.62. The zero-order chi connectivity index (χ0) is 48.5.